The number of hydrogen-bond acceptors (Lipinski definition) is 4. The van der Waals surface area contributed by atoms with Crippen molar-refractivity contribution in [2.75, 3.05) is 0 Å². The highest BCUT2D eigenvalue weighted by Crippen LogP contribution is 2.23. The molecule has 0 fully saturated rings. The van der Waals surface area contributed by atoms with Crippen molar-refractivity contribution >= 4 is 11.6 Å². The number of ether oxygens (including phenoxy) is 1. The summed E-state index contributed by atoms with van der Waals surface area (Å²) in [5.74, 6) is 1.78. The largest absolute Gasteiger partial charge is 0.483 e. The second-order valence-electron chi connectivity index (χ2n) is 3.43. The molecule has 0 saturated heterocycles. The molecular weight excluding hydrogens is 228 g/mol. The molecule has 0 saturated carbocycles. The third-order valence-corrected chi connectivity index (χ3v) is 2.31. The topological polar surface area (TPSA) is 48.2 Å². The first-order chi connectivity index (χ1) is 7.65. The van der Waals surface area contributed by atoms with Gasteiger partial charge in [-0.15, -0.1) is 0 Å². The van der Waals surface area contributed by atoms with Crippen LogP contribution in [0.15, 0.2) is 22.7 Å². The van der Waals surface area contributed by atoms with Crippen LogP contribution in [0.25, 0.3) is 0 Å². The van der Waals surface area contributed by atoms with Gasteiger partial charge in [-0.05, 0) is 31.5 Å². The van der Waals surface area contributed by atoms with Crippen LogP contribution in [-0.4, -0.2) is 10.1 Å². The van der Waals surface area contributed by atoms with Crippen molar-refractivity contribution in [2.45, 2.75) is 20.5 Å². The van der Waals surface area contributed by atoms with Crippen LogP contribution in [0.5, 0.6) is 5.75 Å². The number of halogens is 1. The number of benzene rings is 1. The average Bonchev–Trinajstić information content (AvgIpc) is 2.66. The second kappa shape index (κ2) is 4.53. The normalized spacial score (nSPS) is 10.4. The summed E-state index contributed by atoms with van der Waals surface area (Å²) in [6.07, 6.45) is 0. The van der Waals surface area contributed by atoms with E-state index in [-0.39, 0.29) is 6.61 Å². The molecule has 5 heteroatoms. The first-order valence-electron chi connectivity index (χ1n) is 4.83. The molecule has 84 valence electrons. The predicted octanol–water partition coefficient (Wildman–Crippen LogP) is 2.92. The van der Waals surface area contributed by atoms with Crippen molar-refractivity contribution in [3.8, 4) is 5.75 Å². The fourth-order valence-corrected chi connectivity index (χ4v) is 1.43. The Kier molecular flexibility index (Phi) is 3.10. The van der Waals surface area contributed by atoms with Crippen LogP contribution >= 0.6 is 11.6 Å². The maximum atomic E-state index is 5.87. The van der Waals surface area contributed by atoms with Gasteiger partial charge in [0.1, 0.15) is 5.75 Å². The maximum Gasteiger partial charge on any atom is 0.264 e. The SMILES string of the molecule is Cc1noc(COc2cc(Cl)ccc2C)n1. The van der Waals surface area contributed by atoms with E-state index in [0.717, 1.165) is 11.3 Å². The van der Waals surface area contributed by atoms with Gasteiger partial charge in [0.25, 0.3) is 5.89 Å². The van der Waals surface area contributed by atoms with Gasteiger partial charge in [0.15, 0.2) is 12.4 Å². The van der Waals surface area contributed by atoms with E-state index in [0.29, 0.717) is 16.7 Å². The Bertz CT molecular complexity index is 496. The van der Waals surface area contributed by atoms with E-state index in [4.69, 9.17) is 20.9 Å². The number of nitrogens with zero attached hydrogens (tertiary/aromatic N) is 2. The Morgan fingerprint density at radius 2 is 2.19 bits per heavy atom. The van der Waals surface area contributed by atoms with Gasteiger partial charge in [-0.1, -0.05) is 22.8 Å². The van der Waals surface area contributed by atoms with E-state index in [2.05, 4.69) is 10.1 Å². The lowest BCUT2D eigenvalue weighted by atomic mass is 10.2. The lowest BCUT2D eigenvalue weighted by Crippen LogP contribution is -1.97. The molecule has 0 aliphatic heterocycles. The molecule has 0 unspecified atom stereocenters. The van der Waals surface area contributed by atoms with Gasteiger partial charge in [0, 0.05) is 5.02 Å². The minimum Gasteiger partial charge on any atom is -0.483 e. The van der Waals surface area contributed by atoms with Crippen LogP contribution in [-0.2, 0) is 6.61 Å². The standard InChI is InChI=1S/C11H11ClN2O2/c1-7-3-4-9(12)5-10(7)15-6-11-13-8(2)14-16-11/h3-5H,6H2,1-2H3. The Hall–Kier alpha value is -1.55. The van der Waals surface area contributed by atoms with Crippen molar-refractivity contribution in [3.63, 3.8) is 0 Å². The van der Waals surface area contributed by atoms with E-state index in [1.54, 1.807) is 13.0 Å². The molecule has 0 radical (unpaired) electrons. The molecule has 0 aliphatic carbocycles. The van der Waals surface area contributed by atoms with Gasteiger partial charge >= 0.3 is 0 Å². The number of rotatable bonds is 3. The van der Waals surface area contributed by atoms with Crippen LogP contribution in [0.1, 0.15) is 17.3 Å². The molecule has 0 amide bonds. The summed E-state index contributed by atoms with van der Waals surface area (Å²) in [6.45, 7) is 3.96. The highest BCUT2D eigenvalue weighted by molar-refractivity contribution is 6.30. The highest BCUT2D eigenvalue weighted by atomic mass is 35.5. The van der Waals surface area contributed by atoms with Gasteiger partial charge in [-0.3, -0.25) is 0 Å². The number of aromatic nitrogens is 2. The van der Waals surface area contributed by atoms with Gasteiger partial charge in [0.2, 0.25) is 0 Å². The molecular formula is C11H11ClN2O2. The lowest BCUT2D eigenvalue weighted by Gasteiger charge is -2.06. The van der Waals surface area contributed by atoms with Crippen molar-refractivity contribution < 1.29 is 9.26 Å². The molecule has 4 nitrogen and oxygen atoms in total. The monoisotopic (exact) mass is 238 g/mol. The second-order valence-corrected chi connectivity index (χ2v) is 3.87. The summed E-state index contributed by atoms with van der Waals surface area (Å²) in [6, 6.07) is 5.48. The molecule has 0 bridgehead atoms. The van der Waals surface area contributed by atoms with Gasteiger partial charge in [-0.2, -0.15) is 4.98 Å². The zero-order chi connectivity index (χ0) is 11.5. The molecule has 2 aromatic rings. The zero-order valence-electron chi connectivity index (χ0n) is 9.03. The van der Waals surface area contributed by atoms with Gasteiger partial charge < -0.3 is 9.26 Å². The Labute approximate surface area is 98.2 Å². The Morgan fingerprint density at radius 3 is 2.88 bits per heavy atom. The molecule has 1 aromatic heterocycles. The lowest BCUT2D eigenvalue weighted by molar-refractivity contribution is 0.241. The van der Waals surface area contributed by atoms with E-state index >= 15 is 0 Å². The third kappa shape index (κ3) is 2.52. The molecule has 1 heterocycles. The third-order valence-electron chi connectivity index (χ3n) is 2.07. The molecule has 0 spiro atoms. The van der Waals surface area contributed by atoms with Crippen LogP contribution in [0.3, 0.4) is 0 Å². The van der Waals surface area contributed by atoms with E-state index < -0.39 is 0 Å². The minimum atomic E-state index is 0.252. The first-order valence-corrected chi connectivity index (χ1v) is 5.21. The summed E-state index contributed by atoms with van der Waals surface area (Å²) in [7, 11) is 0. The van der Waals surface area contributed by atoms with Gasteiger partial charge in [-0.25, -0.2) is 0 Å². The Morgan fingerprint density at radius 1 is 1.38 bits per heavy atom. The van der Waals surface area contributed by atoms with E-state index in [9.17, 15) is 0 Å². The maximum absolute atomic E-state index is 5.87. The summed E-state index contributed by atoms with van der Waals surface area (Å²) in [4.78, 5) is 4.04. The molecule has 0 N–H and O–H groups in total. The molecule has 1 aromatic carbocycles. The first kappa shape index (κ1) is 11.0. The van der Waals surface area contributed by atoms with Crippen molar-refractivity contribution in [1.29, 1.82) is 0 Å². The molecule has 0 aliphatic rings. The summed E-state index contributed by atoms with van der Waals surface area (Å²) < 4.78 is 10.5. The van der Waals surface area contributed by atoms with E-state index in [1.807, 2.05) is 19.1 Å². The quantitative estimate of drug-likeness (QED) is 0.825. The van der Waals surface area contributed by atoms with E-state index in [1.165, 1.54) is 0 Å². The number of hydrogen-bond donors (Lipinski definition) is 0. The fraction of sp³-hybridized carbons (Fsp3) is 0.273. The van der Waals surface area contributed by atoms with Crippen LogP contribution in [0, 0.1) is 13.8 Å². The fourth-order valence-electron chi connectivity index (χ4n) is 1.27. The van der Waals surface area contributed by atoms with Crippen LogP contribution in [0.2, 0.25) is 5.02 Å². The molecule has 2 rings (SSSR count). The zero-order valence-corrected chi connectivity index (χ0v) is 9.78. The number of aryl methyl sites for hydroxylation is 2. The molecule has 16 heavy (non-hydrogen) atoms. The van der Waals surface area contributed by atoms with Crippen molar-refractivity contribution in [1.82, 2.24) is 10.1 Å². The minimum absolute atomic E-state index is 0.252. The summed E-state index contributed by atoms with van der Waals surface area (Å²) in [5, 5.41) is 4.32. The van der Waals surface area contributed by atoms with Crippen molar-refractivity contribution in [2.24, 2.45) is 0 Å². The highest BCUT2D eigenvalue weighted by Gasteiger charge is 2.05. The predicted molar refractivity (Wildman–Crippen MR) is 59.6 cm³/mol. The molecule has 0 atom stereocenters. The summed E-state index contributed by atoms with van der Waals surface area (Å²) in [5.41, 5.74) is 1.01. The van der Waals surface area contributed by atoms with Gasteiger partial charge in [0.05, 0.1) is 0 Å². The van der Waals surface area contributed by atoms with Crippen molar-refractivity contribution in [3.05, 3.63) is 40.5 Å². The summed E-state index contributed by atoms with van der Waals surface area (Å²) >= 11 is 5.87. The van der Waals surface area contributed by atoms with Crippen LogP contribution in [0.4, 0.5) is 0 Å². The Balaban J connectivity index is 2.07. The average molecular weight is 239 g/mol. The van der Waals surface area contributed by atoms with Crippen LogP contribution < -0.4 is 4.74 Å². The smallest absolute Gasteiger partial charge is 0.264 e.